The van der Waals surface area contributed by atoms with Crippen molar-refractivity contribution >= 4 is 28.9 Å². The van der Waals surface area contributed by atoms with Crippen LogP contribution in [0.5, 0.6) is 0 Å². The fourth-order valence-electron chi connectivity index (χ4n) is 5.29. The maximum Gasteiger partial charge on any atom is 0.226 e. The summed E-state index contributed by atoms with van der Waals surface area (Å²) in [5, 5.41) is 7.18. The summed E-state index contributed by atoms with van der Waals surface area (Å²) in [6.45, 7) is 7.64. The molecular weight excluding hydrogens is 490 g/mol. The first-order valence-corrected chi connectivity index (χ1v) is 13.4. The number of carbonyl (C=O) groups excluding carboxylic acids is 1. The van der Waals surface area contributed by atoms with E-state index < -0.39 is 0 Å². The molecule has 2 N–H and O–H groups in total. The Balaban J connectivity index is 1.43. The van der Waals surface area contributed by atoms with E-state index in [1.54, 1.807) is 0 Å². The number of nitrogens with one attached hydrogen (secondary N) is 2. The smallest absolute Gasteiger partial charge is 0.226 e. The minimum absolute atomic E-state index is 0.0343. The van der Waals surface area contributed by atoms with Crippen molar-refractivity contribution in [3.8, 4) is 0 Å². The average Bonchev–Trinajstić information content (AvgIpc) is 3.39. The zero-order chi connectivity index (χ0) is 26.6. The highest BCUT2D eigenvalue weighted by Crippen LogP contribution is 2.41. The van der Waals surface area contributed by atoms with Gasteiger partial charge in [-0.25, -0.2) is 0 Å². The predicted octanol–water partition coefficient (Wildman–Crippen LogP) is 5.86. The van der Waals surface area contributed by atoms with Crippen molar-refractivity contribution in [3.05, 3.63) is 119 Å². The van der Waals surface area contributed by atoms with Crippen LogP contribution in [0.4, 0.5) is 5.69 Å². The van der Waals surface area contributed by atoms with Crippen LogP contribution in [0.2, 0.25) is 0 Å². The molecule has 1 aliphatic rings. The van der Waals surface area contributed by atoms with Crippen molar-refractivity contribution in [1.82, 2.24) is 19.8 Å². The van der Waals surface area contributed by atoms with Crippen molar-refractivity contribution in [2.45, 2.75) is 45.8 Å². The third-order valence-corrected chi connectivity index (χ3v) is 7.55. The number of benzene rings is 2. The van der Waals surface area contributed by atoms with Crippen LogP contribution in [0.1, 0.15) is 52.3 Å². The third-order valence-electron chi connectivity index (χ3n) is 7.19. The Kier molecular flexibility index (Phi) is 7.56. The molecule has 2 aromatic carbocycles. The number of pyridine rings is 1. The number of nitrogens with zero attached hydrogens (tertiary/aromatic N) is 3. The highest BCUT2D eigenvalue weighted by atomic mass is 32.1. The fraction of sp³-hybridized carbons (Fsp3) is 0.258. The molecule has 6 nitrogen and oxygen atoms in total. The summed E-state index contributed by atoms with van der Waals surface area (Å²) in [7, 11) is 0. The molecule has 1 fully saturated rings. The average molecular weight is 524 g/mol. The van der Waals surface area contributed by atoms with Crippen LogP contribution >= 0.6 is 12.2 Å². The molecule has 0 aliphatic carbocycles. The normalized spacial score (nSPS) is 16.9. The van der Waals surface area contributed by atoms with E-state index >= 15 is 0 Å². The van der Waals surface area contributed by atoms with Crippen LogP contribution in [-0.2, 0) is 11.3 Å². The van der Waals surface area contributed by atoms with Crippen molar-refractivity contribution in [1.29, 1.82) is 0 Å². The molecule has 38 heavy (non-hydrogen) atoms. The second kappa shape index (κ2) is 11.2. The highest BCUT2D eigenvalue weighted by Gasteiger charge is 2.41. The van der Waals surface area contributed by atoms with Gasteiger partial charge in [-0.3, -0.25) is 9.78 Å². The number of aromatic nitrogens is 2. The maximum atomic E-state index is 12.9. The van der Waals surface area contributed by atoms with Crippen molar-refractivity contribution in [2.75, 3.05) is 11.9 Å². The Morgan fingerprint density at radius 1 is 1.00 bits per heavy atom. The number of carbonyl (C=O) groups is 1. The molecule has 0 spiro atoms. The van der Waals surface area contributed by atoms with Crippen LogP contribution in [0.3, 0.4) is 0 Å². The standard InChI is InChI=1S/C31H33N5OS/c1-21-10-9-13-25(18-21)33-28(37)15-17-35-30(29(34-31(35)38)27-14-7-8-16-32-27)26-19-22(2)36(23(26)3)20-24-11-5-4-6-12-24/h4-14,16,18-19,29-30H,15,17,20H2,1-3H3,(H,33,37)(H,34,38)/t29-,30-/m0/s1. The van der Waals surface area contributed by atoms with Crippen molar-refractivity contribution < 1.29 is 4.79 Å². The van der Waals surface area contributed by atoms with Crippen LogP contribution in [0.25, 0.3) is 0 Å². The van der Waals surface area contributed by atoms with E-state index in [-0.39, 0.29) is 18.0 Å². The van der Waals surface area contributed by atoms with Gasteiger partial charge in [0.15, 0.2) is 5.11 Å². The van der Waals surface area contributed by atoms with Crippen LogP contribution in [0.15, 0.2) is 85.1 Å². The second-order valence-electron chi connectivity index (χ2n) is 9.89. The van der Waals surface area contributed by atoms with Gasteiger partial charge in [0.2, 0.25) is 5.91 Å². The minimum Gasteiger partial charge on any atom is -0.352 e. The zero-order valence-corrected chi connectivity index (χ0v) is 22.8. The maximum absolute atomic E-state index is 12.9. The number of amides is 1. The molecule has 2 atom stereocenters. The SMILES string of the molecule is Cc1cccc(NC(=O)CCN2C(=S)N[C@@H](c3ccccn3)[C@@H]2c2cc(C)n(Cc3ccccc3)c2C)c1. The fourth-order valence-corrected chi connectivity index (χ4v) is 5.62. The third kappa shape index (κ3) is 5.48. The quantitative estimate of drug-likeness (QED) is 0.283. The number of thiocarbonyl (C=S) groups is 1. The molecule has 1 aliphatic heterocycles. The van der Waals surface area contributed by atoms with Crippen LogP contribution < -0.4 is 10.6 Å². The summed E-state index contributed by atoms with van der Waals surface area (Å²) in [6.07, 6.45) is 2.14. The molecule has 1 amide bonds. The predicted molar refractivity (Wildman–Crippen MR) is 156 cm³/mol. The van der Waals surface area contributed by atoms with E-state index in [1.807, 2.05) is 61.7 Å². The number of hydrogen-bond donors (Lipinski definition) is 2. The zero-order valence-electron chi connectivity index (χ0n) is 22.0. The molecule has 5 rings (SSSR count). The molecule has 3 heterocycles. The summed E-state index contributed by atoms with van der Waals surface area (Å²) in [5.74, 6) is -0.0343. The van der Waals surface area contributed by atoms with Gasteiger partial charge >= 0.3 is 0 Å². The Bertz CT molecular complexity index is 1430. The lowest BCUT2D eigenvalue weighted by atomic mass is 9.96. The Hall–Kier alpha value is -3.97. The first-order valence-electron chi connectivity index (χ1n) is 13.0. The summed E-state index contributed by atoms with van der Waals surface area (Å²) in [4.78, 5) is 19.7. The Labute approximate surface area is 229 Å². The number of aryl methyl sites for hydroxylation is 2. The Morgan fingerprint density at radius 2 is 1.79 bits per heavy atom. The summed E-state index contributed by atoms with van der Waals surface area (Å²) in [5.41, 5.74) is 7.68. The first kappa shape index (κ1) is 25.7. The van der Waals surface area contributed by atoms with Gasteiger partial charge in [0.1, 0.15) is 0 Å². The van der Waals surface area contributed by atoms with Gasteiger partial charge in [-0.1, -0.05) is 48.5 Å². The largest absolute Gasteiger partial charge is 0.352 e. The minimum atomic E-state index is -0.116. The molecular formula is C31H33N5OS. The lowest BCUT2D eigenvalue weighted by molar-refractivity contribution is -0.116. The van der Waals surface area contributed by atoms with Gasteiger partial charge in [-0.15, -0.1) is 0 Å². The molecule has 194 valence electrons. The topological polar surface area (TPSA) is 62.2 Å². The van der Waals surface area contributed by atoms with E-state index in [0.29, 0.717) is 18.1 Å². The van der Waals surface area contributed by atoms with Gasteiger partial charge in [-0.05, 0) is 80.0 Å². The van der Waals surface area contributed by atoms with E-state index in [2.05, 4.69) is 69.3 Å². The van der Waals surface area contributed by atoms with Crippen LogP contribution in [0, 0.1) is 20.8 Å². The molecule has 0 saturated carbocycles. The van der Waals surface area contributed by atoms with Gasteiger partial charge in [0, 0.05) is 42.8 Å². The molecule has 0 radical (unpaired) electrons. The molecule has 0 unspecified atom stereocenters. The van der Waals surface area contributed by atoms with Gasteiger partial charge in [0.05, 0.1) is 17.8 Å². The summed E-state index contributed by atoms with van der Waals surface area (Å²) in [6, 6.07) is 26.4. The van der Waals surface area contributed by atoms with E-state index in [9.17, 15) is 4.79 Å². The molecule has 0 bridgehead atoms. The summed E-state index contributed by atoms with van der Waals surface area (Å²) < 4.78 is 2.35. The molecule has 2 aromatic heterocycles. The van der Waals surface area contributed by atoms with E-state index in [0.717, 1.165) is 23.5 Å². The number of rotatable bonds is 8. The summed E-state index contributed by atoms with van der Waals surface area (Å²) >= 11 is 5.83. The van der Waals surface area contributed by atoms with Crippen molar-refractivity contribution in [2.24, 2.45) is 0 Å². The Morgan fingerprint density at radius 3 is 2.53 bits per heavy atom. The molecule has 7 heteroatoms. The lowest BCUT2D eigenvalue weighted by Gasteiger charge is -2.28. The monoisotopic (exact) mass is 523 g/mol. The highest BCUT2D eigenvalue weighted by molar-refractivity contribution is 7.80. The lowest BCUT2D eigenvalue weighted by Crippen LogP contribution is -2.33. The van der Waals surface area contributed by atoms with Gasteiger partial charge in [0.25, 0.3) is 0 Å². The van der Waals surface area contributed by atoms with Gasteiger partial charge in [-0.2, -0.15) is 0 Å². The van der Waals surface area contributed by atoms with Gasteiger partial charge < -0.3 is 20.1 Å². The first-order chi connectivity index (χ1) is 18.4. The van der Waals surface area contributed by atoms with Crippen molar-refractivity contribution in [3.63, 3.8) is 0 Å². The molecule has 4 aromatic rings. The van der Waals surface area contributed by atoms with E-state index in [1.165, 1.54) is 22.5 Å². The number of hydrogen-bond acceptors (Lipinski definition) is 3. The van der Waals surface area contributed by atoms with E-state index in [4.69, 9.17) is 12.2 Å². The molecule has 1 saturated heterocycles. The van der Waals surface area contributed by atoms with Crippen LogP contribution in [-0.4, -0.2) is 32.0 Å². The second-order valence-corrected chi connectivity index (χ2v) is 10.3. The number of anilines is 1.